The van der Waals surface area contributed by atoms with E-state index >= 15 is 0 Å². The fraction of sp³-hybridized carbons (Fsp3) is 0.190. The van der Waals surface area contributed by atoms with Crippen LogP contribution in [0.3, 0.4) is 0 Å². The summed E-state index contributed by atoms with van der Waals surface area (Å²) in [5, 5.41) is 6.24. The van der Waals surface area contributed by atoms with E-state index in [1.807, 2.05) is 11.6 Å². The lowest BCUT2D eigenvalue weighted by Gasteiger charge is -2.15. The SMILES string of the molecule is CC(NC(=O)c1ccc(NC(=O)CSc2nccn2C)cc1)c1ccc(F)c(F)c1. The number of hydrogen-bond donors (Lipinski definition) is 2. The molecule has 2 aromatic carbocycles. The van der Waals surface area contributed by atoms with E-state index in [2.05, 4.69) is 15.6 Å². The Kier molecular flexibility index (Phi) is 6.83. The molecule has 0 aliphatic carbocycles. The van der Waals surface area contributed by atoms with E-state index in [9.17, 15) is 18.4 Å². The second kappa shape index (κ2) is 9.53. The molecule has 9 heteroatoms. The lowest BCUT2D eigenvalue weighted by Crippen LogP contribution is -2.26. The number of anilines is 1. The molecular weight excluding hydrogens is 410 g/mol. The van der Waals surface area contributed by atoms with Crippen LogP contribution in [0.25, 0.3) is 0 Å². The molecule has 0 aliphatic rings. The zero-order valence-corrected chi connectivity index (χ0v) is 17.2. The molecule has 1 aromatic heterocycles. The number of hydrogen-bond acceptors (Lipinski definition) is 4. The average molecular weight is 430 g/mol. The van der Waals surface area contributed by atoms with Gasteiger partial charge in [-0.3, -0.25) is 9.59 Å². The largest absolute Gasteiger partial charge is 0.346 e. The Balaban J connectivity index is 1.53. The molecule has 1 heterocycles. The molecule has 2 amide bonds. The molecule has 6 nitrogen and oxygen atoms in total. The molecule has 0 bridgehead atoms. The molecule has 3 aromatic rings. The van der Waals surface area contributed by atoms with Crippen LogP contribution in [-0.4, -0.2) is 27.1 Å². The van der Waals surface area contributed by atoms with Crippen molar-refractivity contribution in [3.05, 3.63) is 77.6 Å². The monoisotopic (exact) mass is 430 g/mol. The normalized spacial score (nSPS) is 11.7. The van der Waals surface area contributed by atoms with Crippen molar-refractivity contribution in [1.82, 2.24) is 14.9 Å². The summed E-state index contributed by atoms with van der Waals surface area (Å²) in [4.78, 5) is 28.6. The van der Waals surface area contributed by atoms with Crippen LogP contribution in [-0.2, 0) is 11.8 Å². The number of aryl methyl sites for hydroxylation is 1. The number of imidazole rings is 1. The molecule has 1 unspecified atom stereocenters. The minimum absolute atomic E-state index is 0.188. The van der Waals surface area contributed by atoms with Crippen molar-refractivity contribution in [2.24, 2.45) is 7.05 Å². The van der Waals surface area contributed by atoms with Gasteiger partial charge in [-0.1, -0.05) is 17.8 Å². The van der Waals surface area contributed by atoms with E-state index in [4.69, 9.17) is 0 Å². The van der Waals surface area contributed by atoms with Gasteiger partial charge in [0.15, 0.2) is 16.8 Å². The Bertz CT molecular complexity index is 1050. The predicted octanol–water partition coefficient (Wildman–Crippen LogP) is 3.92. The van der Waals surface area contributed by atoms with E-state index in [0.29, 0.717) is 16.8 Å². The van der Waals surface area contributed by atoms with Crippen LogP contribution in [0, 0.1) is 11.6 Å². The third-order valence-electron chi connectivity index (χ3n) is 4.33. The van der Waals surface area contributed by atoms with Gasteiger partial charge in [-0.2, -0.15) is 0 Å². The summed E-state index contributed by atoms with van der Waals surface area (Å²) in [5.74, 6) is -2.25. The van der Waals surface area contributed by atoms with Gasteiger partial charge >= 0.3 is 0 Å². The number of nitrogens with one attached hydrogen (secondary N) is 2. The number of thioether (sulfide) groups is 1. The second-order valence-corrected chi connectivity index (χ2v) is 7.55. The summed E-state index contributed by atoms with van der Waals surface area (Å²) in [6.07, 6.45) is 3.47. The lowest BCUT2D eigenvalue weighted by atomic mass is 10.1. The minimum atomic E-state index is -0.963. The van der Waals surface area contributed by atoms with Gasteiger partial charge in [-0.25, -0.2) is 13.8 Å². The highest BCUT2D eigenvalue weighted by atomic mass is 32.2. The van der Waals surface area contributed by atoms with Crippen LogP contribution in [0.5, 0.6) is 0 Å². The summed E-state index contributed by atoms with van der Waals surface area (Å²) < 4.78 is 28.3. The number of rotatable bonds is 7. The first-order chi connectivity index (χ1) is 14.3. The molecule has 0 saturated carbocycles. The van der Waals surface area contributed by atoms with Gasteiger partial charge in [0.25, 0.3) is 5.91 Å². The van der Waals surface area contributed by atoms with Crippen LogP contribution in [0.15, 0.2) is 60.0 Å². The Morgan fingerprint density at radius 3 is 2.50 bits per heavy atom. The second-order valence-electron chi connectivity index (χ2n) is 6.60. The smallest absolute Gasteiger partial charge is 0.251 e. The quantitative estimate of drug-likeness (QED) is 0.557. The first kappa shape index (κ1) is 21.5. The van der Waals surface area contributed by atoms with E-state index < -0.39 is 17.7 Å². The van der Waals surface area contributed by atoms with Crippen molar-refractivity contribution in [1.29, 1.82) is 0 Å². The molecule has 30 heavy (non-hydrogen) atoms. The van der Waals surface area contributed by atoms with Crippen molar-refractivity contribution < 1.29 is 18.4 Å². The van der Waals surface area contributed by atoms with Crippen LogP contribution >= 0.6 is 11.8 Å². The van der Waals surface area contributed by atoms with Crippen LogP contribution in [0.4, 0.5) is 14.5 Å². The maximum atomic E-state index is 13.4. The Labute approximate surface area is 176 Å². The zero-order valence-electron chi connectivity index (χ0n) is 16.4. The number of carbonyl (C=O) groups excluding carboxylic acids is 2. The topological polar surface area (TPSA) is 76.0 Å². The molecular formula is C21H20F2N4O2S. The van der Waals surface area contributed by atoms with E-state index in [1.54, 1.807) is 43.6 Å². The number of carbonyl (C=O) groups is 2. The van der Waals surface area contributed by atoms with Crippen LogP contribution < -0.4 is 10.6 Å². The van der Waals surface area contributed by atoms with E-state index in [-0.39, 0.29) is 17.6 Å². The van der Waals surface area contributed by atoms with Gasteiger partial charge < -0.3 is 15.2 Å². The molecule has 2 N–H and O–H groups in total. The van der Waals surface area contributed by atoms with Gasteiger partial charge in [0, 0.05) is 30.7 Å². The fourth-order valence-corrected chi connectivity index (χ4v) is 3.40. The number of nitrogens with zero attached hydrogens (tertiary/aromatic N) is 2. The molecule has 3 rings (SSSR count). The fourth-order valence-electron chi connectivity index (χ4n) is 2.67. The first-order valence-electron chi connectivity index (χ1n) is 9.09. The molecule has 0 saturated heterocycles. The van der Waals surface area contributed by atoms with Gasteiger partial charge in [0.1, 0.15) is 0 Å². The van der Waals surface area contributed by atoms with E-state index in [1.165, 1.54) is 17.8 Å². The van der Waals surface area contributed by atoms with Crippen molar-refractivity contribution >= 4 is 29.3 Å². The van der Waals surface area contributed by atoms with Crippen molar-refractivity contribution in [3.63, 3.8) is 0 Å². The van der Waals surface area contributed by atoms with Gasteiger partial charge in [-0.05, 0) is 48.9 Å². The van der Waals surface area contributed by atoms with Crippen LogP contribution in [0.2, 0.25) is 0 Å². The first-order valence-corrected chi connectivity index (χ1v) is 10.1. The molecule has 0 fully saturated rings. The molecule has 0 spiro atoms. The van der Waals surface area contributed by atoms with Crippen molar-refractivity contribution in [2.45, 2.75) is 18.1 Å². The summed E-state index contributed by atoms with van der Waals surface area (Å²) in [7, 11) is 1.85. The molecule has 0 radical (unpaired) electrons. The highest BCUT2D eigenvalue weighted by molar-refractivity contribution is 7.99. The molecule has 0 aliphatic heterocycles. The lowest BCUT2D eigenvalue weighted by molar-refractivity contribution is -0.113. The third kappa shape index (κ3) is 5.44. The third-order valence-corrected chi connectivity index (χ3v) is 5.39. The number of halogens is 2. The highest BCUT2D eigenvalue weighted by Gasteiger charge is 2.14. The Morgan fingerprint density at radius 2 is 1.87 bits per heavy atom. The zero-order chi connectivity index (χ0) is 21.7. The summed E-state index contributed by atoms with van der Waals surface area (Å²) in [6.45, 7) is 1.68. The van der Waals surface area contributed by atoms with Gasteiger partial charge in [0.05, 0.1) is 11.8 Å². The van der Waals surface area contributed by atoms with Crippen molar-refractivity contribution in [3.8, 4) is 0 Å². The molecule has 156 valence electrons. The summed E-state index contributed by atoms with van der Waals surface area (Å²) in [6, 6.07) is 9.41. The van der Waals surface area contributed by atoms with Crippen molar-refractivity contribution in [2.75, 3.05) is 11.1 Å². The van der Waals surface area contributed by atoms with Crippen LogP contribution in [0.1, 0.15) is 28.9 Å². The maximum Gasteiger partial charge on any atom is 0.251 e. The van der Waals surface area contributed by atoms with Gasteiger partial charge in [0.2, 0.25) is 5.91 Å². The maximum absolute atomic E-state index is 13.4. The van der Waals surface area contributed by atoms with Gasteiger partial charge in [-0.15, -0.1) is 0 Å². The number of benzene rings is 2. The van der Waals surface area contributed by atoms with E-state index in [0.717, 1.165) is 17.3 Å². The number of amides is 2. The summed E-state index contributed by atoms with van der Waals surface area (Å²) >= 11 is 1.32. The Hall–Kier alpha value is -3.20. The summed E-state index contributed by atoms with van der Waals surface area (Å²) in [5.41, 5.74) is 1.40. The minimum Gasteiger partial charge on any atom is -0.346 e. The Morgan fingerprint density at radius 1 is 1.13 bits per heavy atom. The average Bonchev–Trinajstić information content (AvgIpc) is 3.13. The molecule has 1 atom stereocenters. The number of aromatic nitrogens is 2. The standard InChI is InChI=1S/C21H20F2N4O2S/c1-13(15-5-8-17(22)18(23)11-15)25-20(29)14-3-6-16(7-4-14)26-19(28)12-30-21-24-9-10-27(21)2/h3-11,13H,12H2,1-2H3,(H,25,29)(H,26,28). The highest BCUT2D eigenvalue weighted by Crippen LogP contribution is 2.18. The predicted molar refractivity (Wildman–Crippen MR) is 111 cm³/mol.